The van der Waals surface area contributed by atoms with Gasteiger partial charge < -0.3 is 0 Å². The van der Waals surface area contributed by atoms with Gasteiger partial charge >= 0.3 is 0 Å². The Balaban J connectivity index is 3.55. The van der Waals surface area contributed by atoms with E-state index < -0.39 is 0 Å². The number of rotatable bonds is 8. The van der Waals surface area contributed by atoms with Gasteiger partial charge in [0.15, 0.2) is 0 Å². The first kappa shape index (κ1) is 13.7. The Kier molecular flexibility index (Phi) is 9.13. The molecule has 1 atom stereocenters. The molecule has 0 amide bonds. The van der Waals surface area contributed by atoms with Gasteiger partial charge in [-0.2, -0.15) is 0 Å². The maximum Gasteiger partial charge on any atom is -0.0320 e. The first-order valence-electron chi connectivity index (χ1n) is 6.42. The highest BCUT2D eigenvalue weighted by atomic mass is 14.1. The third-order valence-corrected chi connectivity index (χ3v) is 2.92. The smallest absolute Gasteiger partial charge is 0.0320 e. The van der Waals surface area contributed by atoms with E-state index in [9.17, 15) is 0 Å². The lowest BCUT2D eigenvalue weighted by molar-refractivity contribution is 0.468. The van der Waals surface area contributed by atoms with Gasteiger partial charge in [-0.3, -0.25) is 0 Å². The van der Waals surface area contributed by atoms with E-state index in [1.54, 1.807) is 5.57 Å². The standard InChI is InChI=1S/C14H28/c1-5-9-13(4)11-8-12-14(7-3)10-6-2/h10,13H,5-9,11-12H2,1-4H3/b14-10-. The predicted octanol–water partition coefficient (Wildman–Crippen LogP) is 5.34. The van der Waals surface area contributed by atoms with Crippen LogP contribution in [-0.2, 0) is 0 Å². The Morgan fingerprint density at radius 3 is 2.36 bits per heavy atom. The van der Waals surface area contributed by atoms with Crippen LogP contribution in [0, 0.1) is 5.92 Å². The maximum absolute atomic E-state index is 2.41. The highest BCUT2D eigenvalue weighted by Crippen LogP contribution is 2.18. The zero-order chi connectivity index (χ0) is 10.8. The minimum absolute atomic E-state index is 0.930. The summed E-state index contributed by atoms with van der Waals surface area (Å²) in [4.78, 5) is 0. The average molecular weight is 196 g/mol. The maximum atomic E-state index is 2.41. The molecule has 0 saturated carbocycles. The van der Waals surface area contributed by atoms with Crippen molar-refractivity contribution in [1.29, 1.82) is 0 Å². The van der Waals surface area contributed by atoms with Crippen molar-refractivity contribution in [1.82, 2.24) is 0 Å². The molecule has 0 nitrogen and oxygen atoms in total. The first-order chi connectivity index (χ1) is 6.74. The van der Waals surface area contributed by atoms with E-state index in [4.69, 9.17) is 0 Å². The Morgan fingerprint density at radius 2 is 1.86 bits per heavy atom. The van der Waals surface area contributed by atoms with Gasteiger partial charge in [-0.25, -0.2) is 0 Å². The van der Waals surface area contributed by atoms with E-state index in [-0.39, 0.29) is 0 Å². The second kappa shape index (κ2) is 9.30. The van der Waals surface area contributed by atoms with Gasteiger partial charge in [0.05, 0.1) is 0 Å². The summed E-state index contributed by atoms with van der Waals surface area (Å²) in [6, 6.07) is 0. The van der Waals surface area contributed by atoms with E-state index in [0.29, 0.717) is 0 Å². The molecule has 0 N–H and O–H groups in total. The summed E-state index contributed by atoms with van der Waals surface area (Å²) in [7, 11) is 0. The van der Waals surface area contributed by atoms with Crippen LogP contribution in [0.25, 0.3) is 0 Å². The molecule has 0 fully saturated rings. The summed E-state index contributed by atoms with van der Waals surface area (Å²) in [5.41, 5.74) is 1.66. The Labute approximate surface area is 90.8 Å². The Bertz CT molecular complexity index is 144. The molecule has 84 valence electrons. The highest BCUT2D eigenvalue weighted by molar-refractivity contribution is 5.00. The number of allylic oxidation sites excluding steroid dienone is 2. The van der Waals surface area contributed by atoms with Crippen LogP contribution in [0.1, 0.15) is 72.6 Å². The van der Waals surface area contributed by atoms with Crippen molar-refractivity contribution in [2.45, 2.75) is 72.6 Å². The van der Waals surface area contributed by atoms with Crippen LogP contribution in [0.5, 0.6) is 0 Å². The van der Waals surface area contributed by atoms with Gasteiger partial charge in [0.25, 0.3) is 0 Å². The third-order valence-electron chi connectivity index (χ3n) is 2.92. The first-order valence-corrected chi connectivity index (χ1v) is 6.42. The summed E-state index contributed by atoms with van der Waals surface area (Å²) in [5.74, 6) is 0.930. The van der Waals surface area contributed by atoms with Crippen LogP contribution in [0.4, 0.5) is 0 Å². The number of hydrogen-bond acceptors (Lipinski definition) is 0. The van der Waals surface area contributed by atoms with Crippen molar-refractivity contribution in [2.75, 3.05) is 0 Å². The quantitative estimate of drug-likeness (QED) is 0.460. The molecule has 0 aromatic carbocycles. The van der Waals surface area contributed by atoms with E-state index in [2.05, 4.69) is 33.8 Å². The summed E-state index contributed by atoms with van der Waals surface area (Å²) in [6.07, 6.45) is 11.7. The molecule has 0 aliphatic heterocycles. The molecule has 0 saturated heterocycles. The molecule has 0 aromatic heterocycles. The van der Waals surface area contributed by atoms with Crippen LogP contribution in [-0.4, -0.2) is 0 Å². The van der Waals surface area contributed by atoms with Gasteiger partial charge in [0.1, 0.15) is 0 Å². The molecule has 0 radical (unpaired) electrons. The van der Waals surface area contributed by atoms with Crippen molar-refractivity contribution < 1.29 is 0 Å². The molecular weight excluding hydrogens is 168 g/mol. The Morgan fingerprint density at radius 1 is 1.14 bits per heavy atom. The van der Waals surface area contributed by atoms with Crippen LogP contribution >= 0.6 is 0 Å². The molecule has 0 bridgehead atoms. The molecule has 0 aromatic rings. The summed E-state index contributed by atoms with van der Waals surface area (Å²) < 4.78 is 0. The Hall–Kier alpha value is -0.260. The molecule has 0 aliphatic carbocycles. The normalized spacial score (nSPS) is 14.4. The lowest BCUT2D eigenvalue weighted by Gasteiger charge is -2.10. The average Bonchev–Trinajstić information content (AvgIpc) is 2.17. The molecule has 0 aliphatic rings. The molecule has 0 heteroatoms. The molecule has 0 heterocycles. The SMILES string of the molecule is CC/C=C(/CC)CCCC(C)CCC. The van der Waals surface area contributed by atoms with Gasteiger partial charge in [-0.05, 0) is 31.6 Å². The van der Waals surface area contributed by atoms with E-state index in [1.807, 2.05) is 0 Å². The van der Waals surface area contributed by atoms with E-state index in [0.717, 1.165) is 5.92 Å². The minimum Gasteiger partial charge on any atom is -0.0856 e. The fourth-order valence-electron chi connectivity index (χ4n) is 2.03. The topological polar surface area (TPSA) is 0 Å². The fourth-order valence-corrected chi connectivity index (χ4v) is 2.03. The van der Waals surface area contributed by atoms with Crippen molar-refractivity contribution in [3.8, 4) is 0 Å². The van der Waals surface area contributed by atoms with Gasteiger partial charge in [0, 0.05) is 0 Å². The van der Waals surface area contributed by atoms with Crippen molar-refractivity contribution in [2.24, 2.45) is 5.92 Å². The lowest BCUT2D eigenvalue weighted by atomic mass is 9.96. The van der Waals surface area contributed by atoms with Gasteiger partial charge in [-0.15, -0.1) is 0 Å². The lowest BCUT2D eigenvalue weighted by Crippen LogP contribution is -1.94. The zero-order valence-corrected chi connectivity index (χ0v) is 10.6. The second-order valence-corrected chi connectivity index (χ2v) is 4.41. The monoisotopic (exact) mass is 196 g/mol. The van der Waals surface area contributed by atoms with Crippen molar-refractivity contribution >= 4 is 0 Å². The zero-order valence-electron chi connectivity index (χ0n) is 10.6. The van der Waals surface area contributed by atoms with Crippen molar-refractivity contribution in [3.05, 3.63) is 11.6 Å². The van der Waals surface area contributed by atoms with Crippen LogP contribution in [0.2, 0.25) is 0 Å². The molecule has 0 rings (SSSR count). The highest BCUT2D eigenvalue weighted by Gasteiger charge is 2.01. The largest absolute Gasteiger partial charge is 0.0856 e. The van der Waals surface area contributed by atoms with Crippen LogP contribution in [0.3, 0.4) is 0 Å². The predicted molar refractivity (Wildman–Crippen MR) is 66.6 cm³/mol. The second-order valence-electron chi connectivity index (χ2n) is 4.41. The van der Waals surface area contributed by atoms with E-state index in [1.165, 1.54) is 44.9 Å². The van der Waals surface area contributed by atoms with Crippen LogP contribution in [0.15, 0.2) is 11.6 Å². The van der Waals surface area contributed by atoms with Crippen LogP contribution < -0.4 is 0 Å². The minimum atomic E-state index is 0.930. The van der Waals surface area contributed by atoms with Gasteiger partial charge in [0.2, 0.25) is 0 Å². The third kappa shape index (κ3) is 7.17. The van der Waals surface area contributed by atoms with Gasteiger partial charge in [-0.1, -0.05) is 58.6 Å². The molecule has 0 spiro atoms. The summed E-state index contributed by atoms with van der Waals surface area (Å²) >= 11 is 0. The molecular formula is C14H28. The van der Waals surface area contributed by atoms with E-state index >= 15 is 0 Å². The summed E-state index contributed by atoms with van der Waals surface area (Å²) in [6.45, 7) is 9.18. The summed E-state index contributed by atoms with van der Waals surface area (Å²) in [5, 5.41) is 0. The van der Waals surface area contributed by atoms with Crippen molar-refractivity contribution in [3.63, 3.8) is 0 Å². The fraction of sp³-hybridized carbons (Fsp3) is 0.857. The number of hydrogen-bond donors (Lipinski definition) is 0. The molecule has 14 heavy (non-hydrogen) atoms. The molecule has 1 unspecified atom stereocenters.